The van der Waals surface area contributed by atoms with Crippen molar-refractivity contribution in [3.8, 4) is 0 Å². The Morgan fingerprint density at radius 2 is 1.95 bits per heavy atom. The summed E-state index contributed by atoms with van der Waals surface area (Å²) < 4.78 is 0.855. The second kappa shape index (κ2) is 4.91. The highest BCUT2D eigenvalue weighted by Gasteiger charge is 2.43. The molecule has 2 atom stereocenters. The number of aliphatic hydroxyl groups excluding tert-OH is 1. The third-order valence-electron chi connectivity index (χ3n) is 4.29. The Bertz CT molecular complexity index is 503. The molecule has 0 aliphatic carbocycles. The van der Waals surface area contributed by atoms with Gasteiger partial charge in [-0.25, -0.2) is 0 Å². The predicted octanol–water partition coefficient (Wildman–Crippen LogP) is 2.89. The monoisotopic (exact) mass is 323 g/mol. The Balaban J connectivity index is 1.90. The van der Waals surface area contributed by atoms with Gasteiger partial charge < -0.3 is 10.0 Å². The van der Waals surface area contributed by atoms with Crippen molar-refractivity contribution in [2.75, 3.05) is 0 Å². The van der Waals surface area contributed by atoms with E-state index < -0.39 is 0 Å². The summed E-state index contributed by atoms with van der Waals surface area (Å²) >= 11 is 3.47. The van der Waals surface area contributed by atoms with Crippen LogP contribution < -0.4 is 0 Å². The Kier molecular flexibility index (Phi) is 3.39. The molecule has 4 heteroatoms. The van der Waals surface area contributed by atoms with Crippen molar-refractivity contribution in [3.63, 3.8) is 0 Å². The molecule has 1 N–H and O–H groups in total. The summed E-state index contributed by atoms with van der Waals surface area (Å²) in [4.78, 5) is 14.8. The first-order valence-corrected chi connectivity index (χ1v) is 7.62. The molecule has 2 saturated heterocycles. The number of halogens is 1. The summed E-state index contributed by atoms with van der Waals surface area (Å²) in [6.07, 6.45) is 3.27. The van der Waals surface area contributed by atoms with Crippen molar-refractivity contribution in [2.45, 2.75) is 50.8 Å². The number of amides is 1. The smallest absolute Gasteiger partial charge is 0.255 e. The zero-order valence-electron chi connectivity index (χ0n) is 11.0. The van der Waals surface area contributed by atoms with E-state index >= 15 is 0 Å². The third-order valence-corrected chi connectivity index (χ3v) is 4.99. The molecule has 2 aliphatic heterocycles. The number of rotatable bonds is 1. The van der Waals surface area contributed by atoms with Gasteiger partial charge in [0.15, 0.2) is 0 Å². The lowest BCUT2D eigenvalue weighted by Crippen LogP contribution is -2.48. The fraction of sp³-hybridized carbons (Fsp3) is 0.533. The average Bonchev–Trinajstić information content (AvgIpc) is 2.64. The lowest BCUT2D eigenvalue weighted by atomic mass is 9.98. The van der Waals surface area contributed by atoms with Gasteiger partial charge in [0, 0.05) is 16.6 Å². The van der Waals surface area contributed by atoms with Crippen LogP contribution in [-0.2, 0) is 0 Å². The molecule has 102 valence electrons. The second-order valence-corrected chi connectivity index (χ2v) is 6.56. The summed E-state index contributed by atoms with van der Waals surface area (Å²) in [5.74, 6) is 0.106. The lowest BCUT2D eigenvalue weighted by Gasteiger charge is -2.37. The molecule has 0 aromatic heterocycles. The fourth-order valence-electron chi connectivity index (χ4n) is 3.42. The number of carbonyl (C=O) groups is 1. The maximum absolute atomic E-state index is 12.8. The molecule has 2 aliphatic rings. The highest BCUT2D eigenvalue weighted by Crippen LogP contribution is 2.37. The highest BCUT2D eigenvalue weighted by atomic mass is 79.9. The van der Waals surface area contributed by atoms with Gasteiger partial charge in [-0.05, 0) is 60.7 Å². The molecule has 2 heterocycles. The first-order chi connectivity index (χ1) is 9.06. The molecule has 0 radical (unpaired) electrons. The van der Waals surface area contributed by atoms with Gasteiger partial charge in [0.1, 0.15) is 0 Å². The van der Waals surface area contributed by atoms with E-state index in [-0.39, 0.29) is 24.1 Å². The Morgan fingerprint density at radius 1 is 1.32 bits per heavy atom. The Hall–Kier alpha value is -0.870. The highest BCUT2D eigenvalue weighted by molar-refractivity contribution is 9.10. The predicted molar refractivity (Wildman–Crippen MR) is 77.1 cm³/mol. The quantitative estimate of drug-likeness (QED) is 0.863. The van der Waals surface area contributed by atoms with Crippen LogP contribution >= 0.6 is 15.9 Å². The fourth-order valence-corrected chi connectivity index (χ4v) is 3.84. The van der Waals surface area contributed by atoms with Crippen molar-refractivity contribution >= 4 is 21.8 Å². The molecule has 3 rings (SSSR count). The molecule has 19 heavy (non-hydrogen) atoms. The molecule has 1 aromatic rings. The SMILES string of the molecule is Cc1ccc(Br)c(C(=O)N2C3CCC2CC(O)C3)c1. The zero-order chi connectivity index (χ0) is 13.6. The van der Waals surface area contributed by atoms with E-state index in [9.17, 15) is 9.90 Å². The van der Waals surface area contributed by atoms with E-state index in [0.29, 0.717) is 0 Å². The van der Waals surface area contributed by atoms with Crippen LogP contribution in [0.2, 0.25) is 0 Å². The van der Waals surface area contributed by atoms with Crippen LogP contribution in [-0.4, -0.2) is 34.1 Å². The molecule has 0 spiro atoms. The van der Waals surface area contributed by atoms with Crippen molar-refractivity contribution in [2.24, 2.45) is 0 Å². The number of hydrogen-bond donors (Lipinski definition) is 1. The number of benzene rings is 1. The number of aryl methyl sites for hydroxylation is 1. The summed E-state index contributed by atoms with van der Waals surface area (Å²) in [5, 5.41) is 9.81. The van der Waals surface area contributed by atoms with Gasteiger partial charge in [0.05, 0.1) is 11.7 Å². The van der Waals surface area contributed by atoms with Crippen LogP contribution in [0.25, 0.3) is 0 Å². The summed E-state index contributed by atoms with van der Waals surface area (Å²) in [7, 11) is 0. The van der Waals surface area contributed by atoms with Crippen molar-refractivity contribution in [1.29, 1.82) is 0 Å². The summed E-state index contributed by atoms with van der Waals surface area (Å²) in [5.41, 5.74) is 1.84. The van der Waals surface area contributed by atoms with Gasteiger partial charge in [0.2, 0.25) is 0 Å². The molecule has 1 amide bonds. The number of piperidine rings is 1. The minimum absolute atomic E-state index is 0.106. The van der Waals surface area contributed by atoms with Gasteiger partial charge >= 0.3 is 0 Å². The van der Waals surface area contributed by atoms with Gasteiger partial charge in [-0.1, -0.05) is 11.6 Å². The molecule has 0 saturated carbocycles. The normalized spacial score (nSPS) is 29.6. The van der Waals surface area contributed by atoms with Crippen molar-refractivity contribution in [1.82, 2.24) is 4.90 Å². The van der Waals surface area contributed by atoms with Crippen LogP contribution in [0.4, 0.5) is 0 Å². The van der Waals surface area contributed by atoms with Crippen molar-refractivity contribution in [3.05, 3.63) is 33.8 Å². The number of carbonyl (C=O) groups excluding carboxylic acids is 1. The van der Waals surface area contributed by atoms with E-state index in [4.69, 9.17) is 0 Å². The largest absolute Gasteiger partial charge is 0.393 e. The molecule has 1 aromatic carbocycles. The van der Waals surface area contributed by atoms with Crippen molar-refractivity contribution < 1.29 is 9.90 Å². The first kappa shape index (κ1) is 13.1. The number of nitrogens with zero attached hydrogens (tertiary/aromatic N) is 1. The van der Waals surface area contributed by atoms with Gasteiger partial charge in [-0.15, -0.1) is 0 Å². The zero-order valence-corrected chi connectivity index (χ0v) is 12.6. The number of hydrogen-bond acceptors (Lipinski definition) is 2. The lowest BCUT2D eigenvalue weighted by molar-refractivity contribution is 0.0286. The van der Waals surface area contributed by atoms with Gasteiger partial charge in [0.25, 0.3) is 5.91 Å². The van der Waals surface area contributed by atoms with Crippen LogP contribution in [0.3, 0.4) is 0 Å². The standard InChI is InChI=1S/C15H18BrNO2/c1-9-2-5-14(16)13(6-9)15(19)17-10-3-4-11(17)8-12(18)7-10/h2,5-6,10-12,18H,3-4,7-8H2,1H3. The van der Waals surface area contributed by atoms with E-state index in [1.807, 2.05) is 30.0 Å². The molecule has 3 nitrogen and oxygen atoms in total. The minimum atomic E-state index is -0.234. The van der Waals surface area contributed by atoms with Crippen LogP contribution in [0.5, 0.6) is 0 Å². The maximum atomic E-state index is 12.8. The van der Waals surface area contributed by atoms with E-state index in [1.54, 1.807) is 0 Å². The summed E-state index contributed by atoms with van der Waals surface area (Å²) in [6, 6.07) is 6.30. The molecule has 2 fully saturated rings. The average molecular weight is 324 g/mol. The second-order valence-electron chi connectivity index (χ2n) is 5.71. The van der Waals surface area contributed by atoms with E-state index in [0.717, 1.165) is 41.3 Å². The van der Waals surface area contributed by atoms with Gasteiger partial charge in [-0.2, -0.15) is 0 Å². The molecule has 2 unspecified atom stereocenters. The number of fused-ring (bicyclic) bond motifs is 2. The Labute approximate surface area is 121 Å². The minimum Gasteiger partial charge on any atom is -0.393 e. The van der Waals surface area contributed by atoms with E-state index in [1.165, 1.54) is 0 Å². The first-order valence-electron chi connectivity index (χ1n) is 6.83. The maximum Gasteiger partial charge on any atom is 0.255 e. The molecule has 2 bridgehead atoms. The molecular formula is C15H18BrNO2. The van der Waals surface area contributed by atoms with Gasteiger partial charge in [-0.3, -0.25) is 4.79 Å². The molecular weight excluding hydrogens is 306 g/mol. The summed E-state index contributed by atoms with van der Waals surface area (Å²) in [6.45, 7) is 2.00. The van der Waals surface area contributed by atoms with Crippen LogP contribution in [0.1, 0.15) is 41.6 Å². The Morgan fingerprint density at radius 3 is 2.58 bits per heavy atom. The topological polar surface area (TPSA) is 40.5 Å². The van der Waals surface area contributed by atoms with E-state index in [2.05, 4.69) is 15.9 Å². The van der Waals surface area contributed by atoms with Crippen LogP contribution in [0.15, 0.2) is 22.7 Å². The van der Waals surface area contributed by atoms with Crippen LogP contribution in [0, 0.1) is 6.92 Å². The third kappa shape index (κ3) is 2.32. The number of aliphatic hydroxyl groups is 1.